The summed E-state index contributed by atoms with van der Waals surface area (Å²) in [5, 5.41) is 12.1. The predicted octanol–water partition coefficient (Wildman–Crippen LogP) is 1.49. The van der Waals surface area contributed by atoms with Crippen LogP contribution >= 0.6 is 0 Å². The van der Waals surface area contributed by atoms with Crippen LogP contribution in [0, 0.1) is 11.8 Å². The zero-order valence-corrected chi connectivity index (χ0v) is 8.25. The molecule has 0 aliphatic carbocycles. The zero-order valence-electron chi connectivity index (χ0n) is 8.25. The SMILES string of the molecule is CCC1CCNCCC1CC(=O)O. The number of hydrogen-bond donors (Lipinski definition) is 2. The van der Waals surface area contributed by atoms with Gasteiger partial charge in [0.2, 0.25) is 0 Å². The van der Waals surface area contributed by atoms with Crippen LogP contribution in [0.1, 0.15) is 32.6 Å². The molecule has 0 aromatic heterocycles. The van der Waals surface area contributed by atoms with Crippen LogP contribution in [0.15, 0.2) is 0 Å². The minimum atomic E-state index is -0.648. The Kier molecular flexibility index (Phi) is 4.22. The maximum Gasteiger partial charge on any atom is 0.303 e. The lowest BCUT2D eigenvalue weighted by Gasteiger charge is -2.21. The normalized spacial score (nSPS) is 29.6. The Bertz CT molecular complexity index is 170. The number of rotatable bonds is 3. The third kappa shape index (κ3) is 3.35. The van der Waals surface area contributed by atoms with Crippen molar-refractivity contribution < 1.29 is 9.90 Å². The summed E-state index contributed by atoms with van der Waals surface area (Å²) in [4.78, 5) is 10.6. The van der Waals surface area contributed by atoms with Crippen LogP contribution in [0.25, 0.3) is 0 Å². The summed E-state index contributed by atoms with van der Waals surface area (Å²) in [6.45, 7) is 4.19. The standard InChI is InChI=1S/C10H19NO2/c1-2-8-3-5-11-6-4-9(8)7-10(12)13/h8-9,11H,2-7H2,1H3,(H,12,13). The van der Waals surface area contributed by atoms with Gasteiger partial charge >= 0.3 is 5.97 Å². The van der Waals surface area contributed by atoms with Crippen molar-refractivity contribution in [3.05, 3.63) is 0 Å². The third-order valence-corrected chi connectivity index (χ3v) is 3.01. The Morgan fingerprint density at radius 1 is 1.38 bits per heavy atom. The van der Waals surface area contributed by atoms with Gasteiger partial charge in [-0.05, 0) is 37.8 Å². The topological polar surface area (TPSA) is 49.3 Å². The van der Waals surface area contributed by atoms with Gasteiger partial charge in [-0.15, -0.1) is 0 Å². The van der Waals surface area contributed by atoms with Crippen molar-refractivity contribution in [3.8, 4) is 0 Å². The van der Waals surface area contributed by atoms with Gasteiger partial charge in [-0.1, -0.05) is 13.3 Å². The highest BCUT2D eigenvalue weighted by molar-refractivity contribution is 5.67. The number of nitrogens with one attached hydrogen (secondary N) is 1. The van der Waals surface area contributed by atoms with Crippen LogP contribution in [-0.2, 0) is 4.79 Å². The molecule has 0 radical (unpaired) electrons. The fourth-order valence-corrected chi connectivity index (χ4v) is 2.20. The van der Waals surface area contributed by atoms with Gasteiger partial charge in [0.05, 0.1) is 0 Å². The van der Waals surface area contributed by atoms with E-state index in [1.807, 2.05) is 0 Å². The average Bonchev–Trinajstić information content (AvgIpc) is 2.28. The molecule has 0 bridgehead atoms. The molecular formula is C10H19NO2. The Morgan fingerprint density at radius 2 is 2.00 bits per heavy atom. The van der Waals surface area contributed by atoms with Crippen LogP contribution in [-0.4, -0.2) is 24.2 Å². The Labute approximate surface area is 79.5 Å². The van der Waals surface area contributed by atoms with Gasteiger partial charge in [0.15, 0.2) is 0 Å². The summed E-state index contributed by atoms with van der Waals surface area (Å²) in [5.41, 5.74) is 0. The lowest BCUT2D eigenvalue weighted by atomic mass is 9.84. The first-order valence-electron chi connectivity index (χ1n) is 5.16. The summed E-state index contributed by atoms with van der Waals surface area (Å²) < 4.78 is 0. The van der Waals surface area contributed by atoms with Crippen LogP contribution in [0.3, 0.4) is 0 Å². The molecule has 76 valence electrons. The molecule has 1 aliphatic heterocycles. The van der Waals surface area contributed by atoms with Crippen LogP contribution in [0.4, 0.5) is 0 Å². The molecule has 2 unspecified atom stereocenters. The van der Waals surface area contributed by atoms with Crippen molar-refractivity contribution in [3.63, 3.8) is 0 Å². The van der Waals surface area contributed by atoms with E-state index >= 15 is 0 Å². The van der Waals surface area contributed by atoms with Crippen molar-refractivity contribution in [2.45, 2.75) is 32.6 Å². The molecule has 1 saturated heterocycles. The highest BCUT2D eigenvalue weighted by Gasteiger charge is 2.23. The van der Waals surface area contributed by atoms with E-state index in [1.165, 1.54) is 0 Å². The van der Waals surface area contributed by atoms with Crippen LogP contribution in [0.5, 0.6) is 0 Å². The third-order valence-electron chi connectivity index (χ3n) is 3.01. The molecule has 0 spiro atoms. The molecule has 0 aromatic rings. The van der Waals surface area contributed by atoms with E-state index in [-0.39, 0.29) is 0 Å². The highest BCUT2D eigenvalue weighted by Crippen LogP contribution is 2.27. The maximum atomic E-state index is 10.6. The van der Waals surface area contributed by atoms with Gasteiger partial charge < -0.3 is 10.4 Å². The van der Waals surface area contributed by atoms with E-state index in [2.05, 4.69) is 12.2 Å². The van der Waals surface area contributed by atoms with Gasteiger partial charge in [-0.3, -0.25) is 4.79 Å². The number of carboxylic acid groups (broad SMARTS) is 1. The quantitative estimate of drug-likeness (QED) is 0.700. The molecule has 2 atom stereocenters. The number of carbonyl (C=O) groups is 1. The van der Waals surface area contributed by atoms with E-state index in [0.717, 1.165) is 32.4 Å². The van der Waals surface area contributed by atoms with Gasteiger partial charge in [-0.25, -0.2) is 0 Å². The second-order valence-corrected chi connectivity index (χ2v) is 3.85. The van der Waals surface area contributed by atoms with Gasteiger partial charge in [-0.2, -0.15) is 0 Å². The van der Waals surface area contributed by atoms with E-state index < -0.39 is 5.97 Å². The minimum absolute atomic E-state index is 0.347. The molecule has 1 fully saturated rings. The first kappa shape index (κ1) is 10.5. The van der Waals surface area contributed by atoms with Gasteiger partial charge in [0, 0.05) is 6.42 Å². The molecule has 1 heterocycles. The smallest absolute Gasteiger partial charge is 0.303 e. The Morgan fingerprint density at radius 3 is 2.54 bits per heavy atom. The van der Waals surface area contributed by atoms with E-state index in [4.69, 9.17) is 5.11 Å². The number of hydrogen-bond acceptors (Lipinski definition) is 2. The maximum absolute atomic E-state index is 10.6. The van der Waals surface area contributed by atoms with Crippen molar-refractivity contribution in [2.75, 3.05) is 13.1 Å². The Hall–Kier alpha value is -0.570. The summed E-state index contributed by atoms with van der Waals surface area (Å²) in [6.07, 6.45) is 3.61. The summed E-state index contributed by atoms with van der Waals surface area (Å²) >= 11 is 0. The molecule has 3 heteroatoms. The molecule has 13 heavy (non-hydrogen) atoms. The van der Waals surface area contributed by atoms with Gasteiger partial charge in [0.25, 0.3) is 0 Å². The van der Waals surface area contributed by atoms with Crippen molar-refractivity contribution in [2.24, 2.45) is 11.8 Å². The first-order chi connectivity index (χ1) is 6.24. The predicted molar refractivity (Wildman–Crippen MR) is 51.6 cm³/mol. The van der Waals surface area contributed by atoms with Crippen molar-refractivity contribution >= 4 is 5.97 Å². The molecule has 3 nitrogen and oxygen atoms in total. The zero-order chi connectivity index (χ0) is 9.68. The lowest BCUT2D eigenvalue weighted by Crippen LogP contribution is -2.17. The minimum Gasteiger partial charge on any atom is -0.481 e. The molecule has 0 saturated carbocycles. The second-order valence-electron chi connectivity index (χ2n) is 3.85. The largest absolute Gasteiger partial charge is 0.481 e. The van der Waals surface area contributed by atoms with E-state index in [1.54, 1.807) is 0 Å². The van der Waals surface area contributed by atoms with Crippen LogP contribution in [0.2, 0.25) is 0 Å². The van der Waals surface area contributed by atoms with Crippen molar-refractivity contribution in [1.82, 2.24) is 5.32 Å². The summed E-state index contributed by atoms with van der Waals surface area (Å²) in [6, 6.07) is 0. The van der Waals surface area contributed by atoms with Crippen LogP contribution < -0.4 is 5.32 Å². The summed E-state index contributed by atoms with van der Waals surface area (Å²) in [5.74, 6) is 0.342. The fourth-order valence-electron chi connectivity index (χ4n) is 2.20. The second kappa shape index (κ2) is 5.22. The first-order valence-corrected chi connectivity index (χ1v) is 5.16. The molecular weight excluding hydrogens is 166 g/mol. The van der Waals surface area contributed by atoms with E-state index in [0.29, 0.717) is 18.3 Å². The van der Waals surface area contributed by atoms with Crippen molar-refractivity contribution in [1.29, 1.82) is 0 Å². The highest BCUT2D eigenvalue weighted by atomic mass is 16.4. The number of carboxylic acids is 1. The molecule has 0 amide bonds. The number of aliphatic carboxylic acids is 1. The average molecular weight is 185 g/mol. The fraction of sp³-hybridized carbons (Fsp3) is 0.900. The lowest BCUT2D eigenvalue weighted by molar-refractivity contribution is -0.138. The van der Waals surface area contributed by atoms with Gasteiger partial charge in [0.1, 0.15) is 0 Å². The summed E-state index contributed by atoms with van der Waals surface area (Å²) in [7, 11) is 0. The Balaban J connectivity index is 2.48. The molecule has 2 N–H and O–H groups in total. The monoisotopic (exact) mass is 185 g/mol. The molecule has 0 aromatic carbocycles. The van der Waals surface area contributed by atoms with E-state index in [9.17, 15) is 4.79 Å². The molecule has 1 aliphatic rings. The molecule has 1 rings (SSSR count).